The van der Waals surface area contributed by atoms with Gasteiger partial charge in [0.2, 0.25) is 0 Å². The predicted molar refractivity (Wildman–Crippen MR) is 74.4 cm³/mol. The van der Waals surface area contributed by atoms with Crippen molar-refractivity contribution in [2.45, 2.75) is 25.9 Å². The normalized spacial score (nSPS) is 12.7. The van der Waals surface area contributed by atoms with E-state index >= 15 is 0 Å². The number of nitrogens with zero attached hydrogens (tertiary/aromatic N) is 1. The molecule has 18 heavy (non-hydrogen) atoms. The van der Waals surface area contributed by atoms with Crippen LogP contribution in [0, 0.1) is 12.7 Å². The summed E-state index contributed by atoms with van der Waals surface area (Å²) in [6.45, 7) is 1.93. The molecule has 5 heteroatoms. The predicted octanol–water partition coefficient (Wildman–Crippen LogP) is 3.50. The summed E-state index contributed by atoms with van der Waals surface area (Å²) in [6.07, 6.45) is 0.368. The van der Waals surface area contributed by atoms with Crippen molar-refractivity contribution in [2.24, 2.45) is 0 Å². The second-order valence-corrected chi connectivity index (χ2v) is 5.89. The first-order valence-electron chi connectivity index (χ1n) is 5.58. The molecule has 0 saturated heterocycles. The van der Waals surface area contributed by atoms with Gasteiger partial charge in [0, 0.05) is 17.5 Å². The molecule has 0 amide bonds. The van der Waals surface area contributed by atoms with E-state index in [0.29, 0.717) is 17.3 Å². The molecule has 0 fully saturated rings. The number of aromatic nitrogens is 1. The summed E-state index contributed by atoms with van der Waals surface area (Å²) in [6, 6.07) is 4.85. The van der Waals surface area contributed by atoms with E-state index in [9.17, 15) is 9.50 Å². The number of aliphatic hydroxyl groups excluding tert-OH is 1. The maximum Gasteiger partial charge on any atom is 0.137 e. The van der Waals surface area contributed by atoms with Crippen molar-refractivity contribution in [3.8, 4) is 0 Å². The van der Waals surface area contributed by atoms with Gasteiger partial charge in [0.15, 0.2) is 0 Å². The van der Waals surface area contributed by atoms with Gasteiger partial charge in [-0.3, -0.25) is 0 Å². The summed E-state index contributed by atoms with van der Waals surface area (Å²) in [5.41, 5.74) is 1.74. The van der Waals surface area contributed by atoms with Crippen molar-refractivity contribution in [2.75, 3.05) is 0 Å². The Kier molecular flexibility index (Phi) is 4.48. The Hall–Kier alpha value is -0.780. The molecule has 2 nitrogen and oxygen atoms in total. The molecule has 0 bridgehead atoms. The molecule has 0 aliphatic rings. The van der Waals surface area contributed by atoms with Crippen LogP contribution in [0.1, 0.15) is 16.3 Å². The van der Waals surface area contributed by atoms with Crippen LogP contribution >= 0.6 is 27.3 Å². The van der Waals surface area contributed by atoms with Crippen molar-refractivity contribution in [3.05, 3.63) is 50.1 Å². The maximum atomic E-state index is 13.3. The molecule has 0 radical (unpaired) electrons. The standard InChI is InChI=1S/C13H13BrFNOS/c1-8-7-18-12(16-8)6-10(17)5-9-3-2-4-11(15)13(9)14/h2-4,7,10,17H,5-6H2,1H3. The SMILES string of the molecule is Cc1csc(CC(O)Cc2cccc(F)c2Br)n1. The van der Waals surface area contributed by atoms with Gasteiger partial charge < -0.3 is 5.11 Å². The molecule has 1 heterocycles. The Balaban J connectivity index is 2.03. The van der Waals surface area contributed by atoms with E-state index in [-0.39, 0.29) is 5.82 Å². The number of rotatable bonds is 4. The number of hydrogen-bond donors (Lipinski definition) is 1. The fraction of sp³-hybridized carbons (Fsp3) is 0.308. The van der Waals surface area contributed by atoms with Gasteiger partial charge in [-0.1, -0.05) is 12.1 Å². The average Bonchev–Trinajstić information content (AvgIpc) is 2.70. The minimum Gasteiger partial charge on any atom is -0.392 e. The van der Waals surface area contributed by atoms with Crippen molar-refractivity contribution in [1.29, 1.82) is 0 Å². The van der Waals surface area contributed by atoms with Crippen molar-refractivity contribution >= 4 is 27.3 Å². The summed E-state index contributed by atoms with van der Waals surface area (Å²) in [5.74, 6) is -0.301. The molecule has 1 aromatic carbocycles. The molecule has 96 valence electrons. The smallest absolute Gasteiger partial charge is 0.137 e. The first-order valence-corrected chi connectivity index (χ1v) is 7.25. The third-order valence-electron chi connectivity index (χ3n) is 2.56. The Morgan fingerprint density at radius 1 is 1.44 bits per heavy atom. The van der Waals surface area contributed by atoms with E-state index in [0.717, 1.165) is 16.3 Å². The Morgan fingerprint density at radius 3 is 2.89 bits per heavy atom. The highest BCUT2D eigenvalue weighted by Gasteiger charge is 2.13. The zero-order valence-electron chi connectivity index (χ0n) is 9.86. The highest BCUT2D eigenvalue weighted by Crippen LogP contribution is 2.22. The van der Waals surface area contributed by atoms with Crippen LogP contribution in [-0.2, 0) is 12.8 Å². The first kappa shape index (κ1) is 13.6. The summed E-state index contributed by atoms with van der Waals surface area (Å²) >= 11 is 4.74. The summed E-state index contributed by atoms with van der Waals surface area (Å²) in [4.78, 5) is 4.30. The zero-order valence-corrected chi connectivity index (χ0v) is 12.3. The van der Waals surface area contributed by atoms with E-state index in [1.165, 1.54) is 17.4 Å². The van der Waals surface area contributed by atoms with Crippen molar-refractivity contribution in [1.82, 2.24) is 4.98 Å². The number of hydrogen-bond acceptors (Lipinski definition) is 3. The first-order chi connectivity index (χ1) is 8.56. The number of aliphatic hydroxyl groups is 1. The number of benzene rings is 1. The molecular formula is C13H13BrFNOS. The lowest BCUT2D eigenvalue weighted by Crippen LogP contribution is -2.14. The van der Waals surface area contributed by atoms with Crippen LogP contribution in [0.15, 0.2) is 28.1 Å². The van der Waals surface area contributed by atoms with Crippen molar-refractivity contribution in [3.63, 3.8) is 0 Å². The molecule has 1 aromatic heterocycles. The van der Waals surface area contributed by atoms with Crippen LogP contribution in [-0.4, -0.2) is 16.2 Å². The minimum atomic E-state index is -0.548. The molecule has 0 aliphatic heterocycles. The van der Waals surface area contributed by atoms with Gasteiger partial charge >= 0.3 is 0 Å². The van der Waals surface area contributed by atoms with Gasteiger partial charge in [0.25, 0.3) is 0 Å². The molecule has 1 unspecified atom stereocenters. The highest BCUT2D eigenvalue weighted by atomic mass is 79.9. The molecule has 2 rings (SSSR count). The second kappa shape index (κ2) is 5.91. The largest absolute Gasteiger partial charge is 0.392 e. The van der Waals surface area contributed by atoms with Gasteiger partial charge in [-0.05, 0) is 40.9 Å². The molecule has 0 saturated carbocycles. The van der Waals surface area contributed by atoms with Gasteiger partial charge in [-0.15, -0.1) is 11.3 Å². The van der Waals surface area contributed by atoms with Crippen LogP contribution in [0.5, 0.6) is 0 Å². The third-order valence-corrected chi connectivity index (χ3v) is 4.44. The highest BCUT2D eigenvalue weighted by molar-refractivity contribution is 9.10. The summed E-state index contributed by atoms with van der Waals surface area (Å²) < 4.78 is 13.8. The van der Waals surface area contributed by atoms with Gasteiger partial charge in [0.1, 0.15) is 5.82 Å². The lowest BCUT2D eigenvalue weighted by molar-refractivity contribution is 0.175. The third kappa shape index (κ3) is 3.37. The molecular weight excluding hydrogens is 317 g/mol. The summed E-state index contributed by atoms with van der Waals surface area (Å²) in [7, 11) is 0. The Bertz CT molecular complexity index is 544. The van der Waals surface area contributed by atoms with Gasteiger partial charge in [-0.25, -0.2) is 9.37 Å². The number of thiazole rings is 1. The topological polar surface area (TPSA) is 33.1 Å². The van der Waals surface area contributed by atoms with Crippen LogP contribution in [0.4, 0.5) is 4.39 Å². The van der Waals surface area contributed by atoms with Crippen LogP contribution in [0.25, 0.3) is 0 Å². The average molecular weight is 330 g/mol. The van der Waals surface area contributed by atoms with Gasteiger partial charge in [0.05, 0.1) is 15.6 Å². The monoisotopic (exact) mass is 329 g/mol. The van der Waals surface area contributed by atoms with Crippen LogP contribution in [0.3, 0.4) is 0 Å². The zero-order chi connectivity index (χ0) is 13.1. The second-order valence-electron chi connectivity index (χ2n) is 4.16. The molecule has 0 aliphatic carbocycles. The van der Waals surface area contributed by atoms with E-state index < -0.39 is 6.10 Å². The van der Waals surface area contributed by atoms with E-state index in [2.05, 4.69) is 20.9 Å². The lowest BCUT2D eigenvalue weighted by atomic mass is 10.1. The Labute approximate surface area is 118 Å². The maximum absolute atomic E-state index is 13.3. The molecule has 1 atom stereocenters. The Morgan fingerprint density at radius 2 is 2.22 bits per heavy atom. The van der Waals surface area contributed by atoms with E-state index in [1.807, 2.05) is 18.4 Å². The summed E-state index contributed by atoms with van der Waals surface area (Å²) in [5, 5.41) is 12.9. The van der Waals surface area contributed by atoms with Crippen LogP contribution in [0.2, 0.25) is 0 Å². The fourth-order valence-corrected chi connectivity index (χ4v) is 3.00. The van der Waals surface area contributed by atoms with E-state index in [1.54, 1.807) is 6.07 Å². The molecule has 2 aromatic rings. The number of halogens is 2. The minimum absolute atomic E-state index is 0.301. The fourth-order valence-electron chi connectivity index (χ4n) is 1.73. The van der Waals surface area contributed by atoms with E-state index in [4.69, 9.17) is 0 Å². The quantitative estimate of drug-likeness (QED) is 0.931. The lowest BCUT2D eigenvalue weighted by Gasteiger charge is -2.10. The molecule has 1 N–H and O–H groups in total. The molecule has 0 spiro atoms. The van der Waals surface area contributed by atoms with Crippen LogP contribution < -0.4 is 0 Å². The van der Waals surface area contributed by atoms with Crippen molar-refractivity contribution < 1.29 is 9.50 Å². The number of aryl methyl sites for hydroxylation is 1. The van der Waals surface area contributed by atoms with Gasteiger partial charge in [-0.2, -0.15) is 0 Å².